The molecule has 0 fully saturated rings. The maximum atomic E-state index is 9.64. The lowest BCUT2D eigenvalue weighted by Crippen LogP contribution is -2.09. The quantitative estimate of drug-likeness (QED) is 0.128. The molecule has 0 aromatic carbocycles. The maximum Gasteiger partial charge on any atom is 0.414 e. The van der Waals surface area contributed by atoms with Gasteiger partial charge in [0.25, 0.3) is 0 Å². The van der Waals surface area contributed by atoms with Crippen LogP contribution in [0.5, 0.6) is 0 Å². The predicted octanol–water partition coefficient (Wildman–Crippen LogP) is -1.65. The van der Waals surface area contributed by atoms with Crippen molar-refractivity contribution in [1.29, 1.82) is 0 Å². The molecule has 0 amide bonds. The Balaban J connectivity index is -0.000000145. The van der Waals surface area contributed by atoms with Gasteiger partial charge in [-0.1, -0.05) is 0 Å². The summed E-state index contributed by atoms with van der Waals surface area (Å²) in [7, 11) is 0. The number of hydrogen-bond acceptors (Lipinski definition) is 8. The Labute approximate surface area is 159 Å². The van der Waals surface area contributed by atoms with Gasteiger partial charge in [-0.3, -0.25) is 19.2 Å². The van der Waals surface area contributed by atoms with Crippen LogP contribution < -0.4 is 0 Å². The molecule has 0 aliphatic heterocycles. The SMILES string of the molecule is O=C(O)C(=O)O.O=C(O)C=CC(=O)O.O=C(O)CC(=O)O.O=C(O)CCC(=O)O. The summed E-state index contributed by atoms with van der Waals surface area (Å²) in [6, 6.07) is 0. The zero-order chi connectivity index (χ0) is 24.2. The van der Waals surface area contributed by atoms with E-state index in [-0.39, 0.29) is 12.8 Å². The van der Waals surface area contributed by atoms with Crippen LogP contribution in [0, 0.1) is 0 Å². The first-order valence-electron chi connectivity index (χ1n) is 6.50. The van der Waals surface area contributed by atoms with E-state index < -0.39 is 54.2 Å². The van der Waals surface area contributed by atoms with Gasteiger partial charge in [0, 0.05) is 12.2 Å². The number of carbonyl (C=O) groups is 8. The van der Waals surface area contributed by atoms with Crippen LogP contribution in [0.15, 0.2) is 12.2 Å². The molecule has 0 aliphatic rings. The molecule has 0 aliphatic carbocycles. The first-order valence-corrected chi connectivity index (χ1v) is 6.50. The standard InChI is InChI=1S/C4H6O4.C4H4O4.C3H4O4.C2H2O4/c2*5-3(6)1-2-4(7)8;4-2(5)1-3(6)7;3-1(4)2(5)6/h1-2H2,(H,5,6)(H,7,8);1-2H,(H,5,6)(H,7,8);1H2,(H,4,5)(H,6,7);(H,3,4)(H,5,6). The molecule has 0 rings (SSSR count). The molecule has 8 N–H and O–H groups in total. The number of rotatable bonds is 7. The van der Waals surface area contributed by atoms with E-state index in [0.29, 0.717) is 12.2 Å². The van der Waals surface area contributed by atoms with Gasteiger partial charge in [0.05, 0.1) is 12.8 Å². The van der Waals surface area contributed by atoms with Crippen molar-refractivity contribution < 1.29 is 79.2 Å². The van der Waals surface area contributed by atoms with Crippen molar-refractivity contribution in [2.75, 3.05) is 0 Å². The molecule has 164 valence electrons. The number of carboxylic acid groups (broad SMARTS) is 8. The van der Waals surface area contributed by atoms with Crippen LogP contribution in [0.4, 0.5) is 0 Å². The minimum atomic E-state index is -1.82. The highest BCUT2D eigenvalue weighted by atomic mass is 16.4. The molecule has 16 heteroatoms. The smallest absolute Gasteiger partial charge is 0.414 e. The van der Waals surface area contributed by atoms with Crippen molar-refractivity contribution >= 4 is 47.8 Å². The molecule has 0 aromatic rings. The second-order valence-electron chi connectivity index (χ2n) is 3.87. The fourth-order valence-corrected chi connectivity index (χ4v) is 0.486. The average Bonchev–Trinajstić information content (AvgIpc) is 2.51. The van der Waals surface area contributed by atoms with Crippen LogP contribution in [0.1, 0.15) is 19.3 Å². The number of aliphatic carboxylic acids is 8. The lowest BCUT2D eigenvalue weighted by atomic mass is 10.3. The largest absolute Gasteiger partial charge is 0.481 e. The molecule has 0 saturated carbocycles. The molecule has 0 heterocycles. The summed E-state index contributed by atoms with van der Waals surface area (Å²) < 4.78 is 0. The van der Waals surface area contributed by atoms with Gasteiger partial charge in [-0.2, -0.15) is 0 Å². The summed E-state index contributed by atoms with van der Waals surface area (Å²) in [5.41, 5.74) is 0. The summed E-state index contributed by atoms with van der Waals surface area (Å²) in [5.74, 6) is -10.9. The van der Waals surface area contributed by atoms with Gasteiger partial charge in [-0.15, -0.1) is 0 Å². The van der Waals surface area contributed by atoms with Crippen LogP contribution >= 0.6 is 0 Å². The summed E-state index contributed by atoms with van der Waals surface area (Å²) >= 11 is 0. The molecule has 0 radical (unpaired) electrons. The summed E-state index contributed by atoms with van der Waals surface area (Å²) in [4.78, 5) is 75.4. The van der Waals surface area contributed by atoms with Gasteiger partial charge in [0.1, 0.15) is 6.42 Å². The maximum absolute atomic E-state index is 9.64. The van der Waals surface area contributed by atoms with Gasteiger partial charge in [0.15, 0.2) is 0 Å². The summed E-state index contributed by atoms with van der Waals surface area (Å²) in [6.07, 6.45) is -0.282. The molecule has 0 unspecified atom stereocenters. The minimum Gasteiger partial charge on any atom is -0.481 e. The second-order valence-corrected chi connectivity index (χ2v) is 3.87. The first-order chi connectivity index (χ1) is 13.0. The fourth-order valence-electron chi connectivity index (χ4n) is 0.486. The Hall–Kier alpha value is -4.50. The molecule has 16 nitrogen and oxygen atoms in total. The van der Waals surface area contributed by atoms with Crippen molar-refractivity contribution in [3.05, 3.63) is 12.2 Å². The highest BCUT2D eigenvalue weighted by Crippen LogP contribution is 1.86. The third-order valence-electron chi connectivity index (χ3n) is 1.41. The number of carboxylic acids is 8. The molecular formula is C13H16O16. The summed E-state index contributed by atoms with van der Waals surface area (Å²) in [5, 5.41) is 61.6. The van der Waals surface area contributed by atoms with Gasteiger partial charge >= 0.3 is 47.8 Å². The fraction of sp³-hybridized carbons (Fsp3) is 0.231. The molecule has 0 spiro atoms. The Morgan fingerprint density at radius 3 is 0.759 bits per heavy atom. The van der Waals surface area contributed by atoms with Crippen LogP contribution in [0.3, 0.4) is 0 Å². The predicted molar refractivity (Wildman–Crippen MR) is 84.1 cm³/mol. The lowest BCUT2D eigenvalue weighted by Gasteiger charge is -1.85. The average molecular weight is 428 g/mol. The van der Waals surface area contributed by atoms with Crippen LogP contribution in [-0.4, -0.2) is 88.6 Å². The Bertz CT molecular complexity index is 589. The zero-order valence-corrected chi connectivity index (χ0v) is 14.1. The minimum absolute atomic E-state index is 0.296. The third kappa shape index (κ3) is 59.6. The normalized spacial score (nSPS) is 8.41. The Morgan fingerprint density at radius 2 is 0.690 bits per heavy atom. The second kappa shape index (κ2) is 19.8. The van der Waals surface area contributed by atoms with E-state index in [0.717, 1.165) is 0 Å². The van der Waals surface area contributed by atoms with E-state index in [2.05, 4.69) is 0 Å². The molecule has 29 heavy (non-hydrogen) atoms. The molecule has 0 aromatic heterocycles. The molecule has 0 atom stereocenters. The van der Waals surface area contributed by atoms with Crippen LogP contribution in [0.25, 0.3) is 0 Å². The van der Waals surface area contributed by atoms with Gasteiger partial charge in [-0.05, 0) is 0 Å². The lowest BCUT2D eigenvalue weighted by molar-refractivity contribution is -0.159. The van der Waals surface area contributed by atoms with Crippen LogP contribution in [0.2, 0.25) is 0 Å². The van der Waals surface area contributed by atoms with E-state index in [1.54, 1.807) is 0 Å². The number of hydrogen-bond donors (Lipinski definition) is 8. The highest BCUT2D eigenvalue weighted by molar-refractivity contribution is 6.27. The topological polar surface area (TPSA) is 298 Å². The van der Waals surface area contributed by atoms with E-state index in [1.807, 2.05) is 0 Å². The highest BCUT2D eigenvalue weighted by Gasteiger charge is 2.04. The van der Waals surface area contributed by atoms with Crippen molar-refractivity contribution in [2.24, 2.45) is 0 Å². The van der Waals surface area contributed by atoms with Crippen molar-refractivity contribution in [3.8, 4) is 0 Å². The van der Waals surface area contributed by atoms with E-state index in [9.17, 15) is 28.8 Å². The Morgan fingerprint density at radius 1 is 0.448 bits per heavy atom. The summed E-state index contributed by atoms with van der Waals surface area (Å²) in [6.45, 7) is 0. The van der Waals surface area contributed by atoms with Gasteiger partial charge in [-0.25, -0.2) is 19.2 Å². The molecule has 0 saturated heterocycles. The van der Waals surface area contributed by atoms with E-state index in [1.165, 1.54) is 0 Å². The zero-order valence-electron chi connectivity index (χ0n) is 14.1. The first kappa shape index (κ1) is 32.2. The van der Waals surface area contributed by atoms with E-state index in [4.69, 9.17) is 50.4 Å². The molecular weight excluding hydrogens is 412 g/mol. The van der Waals surface area contributed by atoms with Crippen molar-refractivity contribution in [2.45, 2.75) is 19.3 Å². The van der Waals surface area contributed by atoms with E-state index >= 15 is 0 Å². The Kier molecular flexibility index (Phi) is 22.0. The van der Waals surface area contributed by atoms with Gasteiger partial charge < -0.3 is 40.9 Å². The van der Waals surface area contributed by atoms with Crippen molar-refractivity contribution in [3.63, 3.8) is 0 Å². The van der Waals surface area contributed by atoms with Crippen molar-refractivity contribution in [1.82, 2.24) is 0 Å². The molecule has 0 bridgehead atoms. The third-order valence-corrected chi connectivity index (χ3v) is 1.41. The van der Waals surface area contributed by atoms with Crippen LogP contribution in [-0.2, 0) is 38.4 Å². The van der Waals surface area contributed by atoms with Gasteiger partial charge in [0.2, 0.25) is 0 Å². The monoisotopic (exact) mass is 428 g/mol.